The third-order valence-corrected chi connectivity index (χ3v) is 2.91. The van der Waals surface area contributed by atoms with Crippen molar-refractivity contribution in [2.75, 3.05) is 0 Å². The number of carbonyl (C=O) groups is 1. The third kappa shape index (κ3) is 1.96. The van der Waals surface area contributed by atoms with Crippen LogP contribution in [0.15, 0.2) is 12.7 Å². The first kappa shape index (κ1) is 9.50. The van der Waals surface area contributed by atoms with Crippen molar-refractivity contribution in [3.8, 4) is 0 Å². The van der Waals surface area contributed by atoms with Gasteiger partial charge in [-0.2, -0.15) is 0 Å². The maximum Gasteiger partial charge on any atom is 0.138 e. The van der Waals surface area contributed by atoms with Gasteiger partial charge in [0.25, 0.3) is 0 Å². The highest BCUT2D eigenvalue weighted by atomic mass is 16.1. The number of allylic oxidation sites excluding steroid dienone is 1. The normalized spacial score (nSPS) is 28.5. The summed E-state index contributed by atoms with van der Waals surface area (Å²) in [4.78, 5) is 11.6. The van der Waals surface area contributed by atoms with E-state index in [0.717, 1.165) is 19.3 Å². The van der Waals surface area contributed by atoms with Crippen molar-refractivity contribution in [3.05, 3.63) is 12.7 Å². The molecule has 0 N–H and O–H groups in total. The predicted molar refractivity (Wildman–Crippen MR) is 50.9 cm³/mol. The van der Waals surface area contributed by atoms with E-state index in [9.17, 15) is 4.79 Å². The Hall–Kier alpha value is -0.590. The second kappa shape index (κ2) is 3.42. The first-order valence-corrected chi connectivity index (χ1v) is 4.70. The van der Waals surface area contributed by atoms with Gasteiger partial charge in [0.1, 0.15) is 5.78 Å². The highest BCUT2D eigenvalue weighted by molar-refractivity contribution is 5.84. The van der Waals surface area contributed by atoms with Crippen LogP contribution in [-0.2, 0) is 4.79 Å². The first-order chi connectivity index (χ1) is 5.56. The predicted octanol–water partition coefficient (Wildman–Crippen LogP) is 2.96. The molecule has 1 unspecified atom stereocenters. The van der Waals surface area contributed by atoms with Gasteiger partial charge in [-0.05, 0) is 25.2 Å². The van der Waals surface area contributed by atoms with Crippen LogP contribution >= 0.6 is 0 Å². The summed E-state index contributed by atoms with van der Waals surface area (Å²) in [5.74, 6) is 1.00. The molecule has 1 aliphatic carbocycles. The van der Waals surface area contributed by atoms with E-state index >= 15 is 0 Å². The van der Waals surface area contributed by atoms with Crippen molar-refractivity contribution in [1.29, 1.82) is 0 Å². The Morgan fingerprint density at radius 2 is 2.33 bits per heavy atom. The summed E-state index contributed by atoms with van der Waals surface area (Å²) in [5, 5.41) is 0. The van der Waals surface area contributed by atoms with E-state index in [0.29, 0.717) is 11.7 Å². The van der Waals surface area contributed by atoms with Crippen LogP contribution in [0.3, 0.4) is 0 Å². The van der Waals surface area contributed by atoms with Gasteiger partial charge in [0, 0.05) is 11.8 Å². The first-order valence-electron chi connectivity index (χ1n) is 4.70. The summed E-state index contributed by atoms with van der Waals surface area (Å²) in [6, 6.07) is 0. The molecule has 1 saturated carbocycles. The van der Waals surface area contributed by atoms with Gasteiger partial charge in [-0.3, -0.25) is 4.79 Å². The van der Waals surface area contributed by atoms with Gasteiger partial charge >= 0.3 is 0 Å². The van der Waals surface area contributed by atoms with Crippen LogP contribution < -0.4 is 0 Å². The largest absolute Gasteiger partial charge is 0.299 e. The monoisotopic (exact) mass is 166 g/mol. The molecular formula is C11H18O. The maximum absolute atomic E-state index is 11.6. The van der Waals surface area contributed by atoms with E-state index in [-0.39, 0.29) is 5.41 Å². The van der Waals surface area contributed by atoms with Gasteiger partial charge in [-0.1, -0.05) is 19.9 Å². The van der Waals surface area contributed by atoms with Crippen LogP contribution in [0.4, 0.5) is 0 Å². The van der Waals surface area contributed by atoms with Crippen molar-refractivity contribution in [2.45, 2.75) is 39.5 Å². The molecule has 0 aromatic heterocycles. The molecule has 1 aliphatic rings. The fourth-order valence-electron chi connectivity index (χ4n) is 1.78. The quantitative estimate of drug-likeness (QED) is 0.576. The lowest BCUT2D eigenvalue weighted by atomic mass is 9.71. The highest BCUT2D eigenvalue weighted by Gasteiger charge is 2.33. The second-order valence-corrected chi connectivity index (χ2v) is 4.44. The van der Waals surface area contributed by atoms with Crippen LogP contribution in [0, 0.1) is 11.3 Å². The van der Waals surface area contributed by atoms with Crippen LogP contribution in [-0.4, -0.2) is 5.78 Å². The molecule has 0 aromatic rings. The second-order valence-electron chi connectivity index (χ2n) is 4.44. The molecular weight excluding hydrogens is 148 g/mol. The van der Waals surface area contributed by atoms with E-state index in [1.807, 2.05) is 6.08 Å². The minimum absolute atomic E-state index is 0.0579. The summed E-state index contributed by atoms with van der Waals surface area (Å²) in [6.45, 7) is 7.81. The SMILES string of the molecule is C=CCC1CCC(C)(C)C(=O)C1. The number of rotatable bonds is 2. The van der Waals surface area contributed by atoms with E-state index in [1.54, 1.807) is 0 Å². The average Bonchev–Trinajstić information content (AvgIpc) is 1.98. The number of carbonyl (C=O) groups excluding carboxylic acids is 1. The molecule has 1 heteroatoms. The summed E-state index contributed by atoms with van der Waals surface area (Å²) in [7, 11) is 0. The molecule has 0 bridgehead atoms. The molecule has 0 aromatic carbocycles. The Kier molecular flexibility index (Phi) is 2.71. The Morgan fingerprint density at radius 1 is 1.67 bits per heavy atom. The minimum Gasteiger partial charge on any atom is -0.299 e. The average molecular weight is 166 g/mol. The minimum atomic E-state index is -0.0579. The van der Waals surface area contributed by atoms with Crippen molar-refractivity contribution in [1.82, 2.24) is 0 Å². The molecule has 1 rings (SSSR count). The molecule has 0 heterocycles. The molecule has 0 amide bonds. The fraction of sp³-hybridized carbons (Fsp3) is 0.727. The van der Waals surface area contributed by atoms with Crippen LogP contribution in [0.1, 0.15) is 39.5 Å². The molecule has 12 heavy (non-hydrogen) atoms. The van der Waals surface area contributed by atoms with Crippen molar-refractivity contribution < 1.29 is 4.79 Å². The molecule has 68 valence electrons. The molecule has 1 fully saturated rings. The topological polar surface area (TPSA) is 17.1 Å². The van der Waals surface area contributed by atoms with Crippen molar-refractivity contribution in [2.24, 2.45) is 11.3 Å². The molecule has 0 spiro atoms. The third-order valence-electron chi connectivity index (χ3n) is 2.91. The zero-order valence-electron chi connectivity index (χ0n) is 8.10. The molecule has 1 nitrogen and oxygen atoms in total. The summed E-state index contributed by atoms with van der Waals surface area (Å²) >= 11 is 0. The molecule has 0 radical (unpaired) electrons. The number of hydrogen-bond acceptors (Lipinski definition) is 1. The van der Waals surface area contributed by atoms with Crippen LogP contribution in [0.5, 0.6) is 0 Å². The zero-order chi connectivity index (χ0) is 9.19. The van der Waals surface area contributed by atoms with Gasteiger partial charge < -0.3 is 0 Å². The fourth-order valence-corrected chi connectivity index (χ4v) is 1.78. The van der Waals surface area contributed by atoms with Gasteiger partial charge in [-0.15, -0.1) is 6.58 Å². The van der Waals surface area contributed by atoms with Crippen LogP contribution in [0.25, 0.3) is 0 Å². The molecule has 0 saturated heterocycles. The zero-order valence-corrected chi connectivity index (χ0v) is 8.10. The molecule has 1 atom stereocenters. The lowest BCUT2D eigenvalue weighted by Gasteiger charge is -2.32. The Balaban J connectivity index is 2.52. The summed E-state index contributed by atoms with van der Waals surface area (Å²) < 4.78 is 0. The summed E-state index contributed by atoms with van der Waals surface area (Å²) in [6.07, 6.45) is 5.92. The Labute approximate surface area is 74.9 Å². The number of Topliss-reactive ketones (excluding diaryl/α,β-unsaturated/α-hetero) is 1. The smallest absolute Gasteiger partial charge is 0.138 e. The maximum atomic E-state index is 11.6. The van der Waals surface area contributed by atoms with E-state index in [4.69, 9.17) is 0 Å². The lowest BCUT2D eigenvalue weighted by Crippen LogP contribution is -2.31. The van der Waals surface area contributed by atoms with E-state index in [2.05, 4.69) is 20.4 Å². The number of ketones is 1. The highest BCUT2D eigenvalue weighted by Crippen LogP contribution is 2.36. The van der Waals surface area contributed by atoms with Gasteiger partial charge in [-0.25, -0.2) is 0 Å². The van der Waals surface area contributed by atoms with Crippen molar-refractivity contribution in [3.63, 3.8) is 0 Å². The standard InChI is InChI=1S/C11H18O/c1-4-5-9-6-7-11(2,3)10(12)8-9/h4,9H,1,5-8H2,2-3H3. The Bertz CT molecular complexity index is 191. The van der Waals surface area contributed by atoms with Gasteiger partial charge in [0.05, 0.1) is 0 Å². The van der Waals surface area contributed by atoms with Crippen molar-refractivity contribution >= 4 is 5.78 Å². The number of hydrogen-bond donors (Lipinski definition) is 0. The van der Waals surface area contributed by atoms with Crippen LogP contribution in [0.2, 0.25) is 0 Å². The van der Waals surface area contributed by atoms with Gasteiger partial charge in [0.15, 0.2) is 0 Å². The lowest BCUT2D eigenvalue weighted by molar-refractivity contribution is -0.130. The summed E-state index contributed by atoms with van der Waals surface area (Å²) in [5.41, 5.74) is -0.0579. The van der Waals surface area contributed by atoms with E-state index in [1.165, 1.54) is 6.42 Å². The van der Waals surface area contributed by atoms with Gasteiger partial charge in [0.2, 0.25) is 0 Å². The van der Waals surface area contributed by atoms with E-state index < -0.39 is 0 Å². The Morgan fingerprint density at radius 3 is 2.83 bits per heavy atom. The molecule has 0 aliphatic heterocycles.